The molecule has 0 N–H and O–H groups in total. The Kier molecular flexibility index (Phi) is 4.53. The third-order valence-corrected chi connectivity index (χ3v) is 5.65. The number of rotatable bonds is 3. The van der Waals surface area contributed by atoms with Crippen LogP contribution in [0.15, 0.2) is 16.6 Å². The lowest BCUT2D eigenvalue weighted by Gasteiger charge is -2.20. The van der Waals surface area contributed by atoms with Gasteiger partial charge in [0.05, 0.1) is 17.3 Å². The molecule has 1 fully saturated rings. The average Bonchev–Trinajstić information content (AvgIpc) is 2.70. The molecule has 5 nitrogen and oxygen atoms in total. The van der Waals surface area contributed by atoms with Gasteiger partial charge in [-0.2, -0.15) is 0 Å². The predicted octanol–water partition coefficient (Wildman–Crippen LogP) is 2.79. The smallest absolute Gasteiger partial charge is 0.237 e. The van der Waals surface area contributed by atoms with Crippen molar-refractivity contribution >= 4 is 58.9 Å². The number of carbonyl (C=O) groups excluding carboxylic acids is 1. The Hall–Kier alpha value is -0.500. The van der Waals surface area contributed by atoms with Crippen molar-refractivity contribution in [3.05, 3.63) is 21.6 Å². The zero-order valence-electron chi connectivity index (χ0n) is 10.3. The molecule has 110 valence electrons. The first kappa shape index (κ1) is 15.9. The molecule has 1 heterocycles. The van der Waals surface area contributed by atoms with Crippen molar-refractivity contribution < 1.29 is 17.9 Å². The van der Waals surface area contributed by atoms with E-state index in [0.717, 1.165) is 0 Å². The van der Waals surface area contributed by atoms with Gasteiger partial charge in [0, 0.05) is 28.7 Å². The van der Waals surface area contributed by atoms with Crippen molar-refractivity contribution in [3.63, 3.8) is 0 Å². The fourth-order valence-electron chi connectivity index (χ4n) is 2.05. The summed E-state index contributed by atoms with van der Waals surface area (Å²) in [4.78, 5) is 13.3. The quantitative estimate of drug-likeness (QED) is 0.729. The Balaban J connectivity index is 2.45. The van der Waals surface area contributed by atoms with Crippen LogP contribution >= 0.6 is 38.2 Å². The van der Waals surface area contributed by atoms with Gasteiger partial charge in [-0.25, -0.2) is 8.42 Å². The number of benzene rings is 1. The van der Waals surface area contributed by atoms with Crippen LogP contribution in [0.3, 0.4) is 0 Å². The van der Waals surface area contributed by atoms with Gasteiger partial charge < -0.3 is 9.64 Å². The summed E-state index contributed by atoms with van der Waals surface area (Å²) >= 11 is 9.25. The maximum Gasteiger partial charge on any atom is 0.237 e. The Morgan fingerprint density at radius 3 is 2.60 bits per heavy atom. The van der Waals surface area contributed by atoms with E-state index in [1.54, 1.807) is 12.1 Å². The van der Waals surface area contributed by atoms with Crippen molar-refractivity contribution in [1.82, 2.24) is 0 Å². The maximum atomic E-state index is 12.0. The number of anilines is 1. The Labute approximate surface area is 134 Å². The molecule has 0 saturated carbocycles. The molecule has 1 saturated heterocycles. The summed E-state index contributed by atoms with van der Waals surface area (Å²) in [5, 5.41) is -0.531. The monoisotopic (exact) mass is 401 g/mol. The third-order valence-electron chi connectivity index (χ3n) is 2.97. The molecule has 1 aromatic carbocycles. The standard InChI is InChI=1S/C11H10BrCl2NO4S/c1-19-11-8(12)2-6(13)3-9(11)15-5-7(4-10(15)16)20(14,17)18/h2-3,7H,4-5H2,1H3. The second-order valence-corrected chi connectivity index (χ2v) is 8.45. The molecule has 1 atom stereocenters. The fraction of sp³-hybridized carbons (Fsp3) is 0.364. The van der Waals surface area contributed by atoms with Gasteiger partial charge in [-0.3, -0.25) is 4.79 Å². The van der Waals surface area contributed by atoms with Crippen LogP contribution in [0.25, 0.3) is 0 Å². The molecule has 1 aliphatic rings. The summed E-state index contributed by atoms with van der Waals surface area (Å²) < 4.78 is 28.5. The van der Waals surface area contributed by atoms with E-state index in [4.69, 9.17) is 27.0 Å². The van der Waals surface area contributed by atoms with Crippen LogP contribution in [0, 0.1) is 0 Å². The highest BCUT2D eigenvalue weighted by Gasteiger charge is 2.39. The van der Waals surface area contributed by atoms with E-state index in [2.05, 4.69) is 15.9 Å². The zero-order valence-corrected chi connectivity index (χ0v) is 14.2. The van der Waals surface area contributed by atoms with Crippen LogP contribution in [0.5, 0.6) is 5.75 Å². The summed E-state index contributed by atoms with van der Waals surface area (Å²) in [6.45, 7) is -0.0200. The summed E-state index contributed by atoms with van der Waals surface area (Å²) in [5.41, 5.74) is 0.416. The SMILES string of the molecule is COc1c(Br)cc(Cl)cc1N1CC(S(=O)(=O)Cl)CC1=O. The first-order chi connectivity index (χ1) is 9.24. The molecule has 1 unspecified atom stereocenters. The molecule has 20 heavy (non-hydrogen) atoms. The van der Waals surface area contributed by atoms with E-state index in [0.29, 0.717) is 20.9 Å². The minimum absolute atomic E-state index is 0.0200. The van der Waals surface area contributed by atoms with Crippen LogP contribution in [0.2, 0.25) is 5.02 Å². The summed E-state index contributed by atoms with van der Waals surface area (Å²) in [5.74, 6) is 0.0714. The third kappa shape index (κ3) is 3.05. The van der Waals surface area contributed by atoms with E-state index < -0.39 is 14.3 Å². The molecule has 2 rings (SSSR count). The van der Waals surface area contributed by atoms with Crippen LogP contribution in [0.4, 0.5) is 5.69 Å². The fourth-order valence-corrected chi connectivity index (χ4v) is 4.03. The lowest BCUT2D eigenvalue weighted by molar-refractivity contribution is -0.117. The second-order valence-electron chi connectivity index (χ2n) is 4.25. The van der Waals surface area contributed by atoms with Gasteiger partial charge in [0.1, 0.15) is 5.25 Å². The van der Waals surface area contributed by atoms with Crippen molar-refractivity contribution in [2.75, 3.05) is 18.6 Å². The Morgan fingerprint density at radius 1 is 1.45 bits per heavy atom. The summed E-state index contributed by atoms with van der Waals surface area (Å²) in [6, 6.07) is 3.17. The van der Waals surface area contributed by atoms with Crippen molar-refractivity contribution in [2.45, 2.75) is 11.7 Å². The molecule has 0 radical (unpaired) electrons. The number of hydrogen-bond donors (Lipinski definition) is 0. The molecule has 0 aromatic heterocycles. The van der Waals surface area contributed by atoms with Crippen LogP contribution in [-0.4, -0.2) is 33.2 Å². The molecule has 0 aliphatic carbocycles. The lowest BCUT2D eigenvalue weighted by Crippen LogP contribution is -2.27. The zero-order chi connectivity index (χ0) is 15.1. The van der Waals surface area contributed by atoms with Gasteiger partial charge in [-0.05, 0) is 28.1 Å². The first-order valence-corrected chi connectivity index (χ1v) is 9.05. The Morgan fingerprint density at radius 2 is 2.10 bits per heavy atom. The van der Waals surface area contributed by atoms with Crippen molar-refractivity contribution in [2.24, 2.45) is 0 Å². The second kappa shape index (κ2) is 5.71. The molecule has 0 bridgehead atoms. The number of ether oxygens (including phenoxy) is 1. The summed E-state index contributed by atoms with van der Waals surface area (Å²) in [6.07, 6.45) is -0.154. The van der Waals surface area contributed by atoms with Gasteiger partial charge in [-0.1, -0.05) is 11.6 Å². The van der Waals surface area contributed by atoms with E-state index in [1.165, 1.54) is 12.0 Å². The lowest BCUT2D eigenvalue weighted by atomic mass is 10.2. The predicted molar refractivity (Wildman–Crippen MR) is 81.2 cm³/mol. The van der Waals surface area contributed by atoms with Crippen LogP contribution in [-0.2, 0) is 13.8 Å². The highest BCUT2D eigenvalue weighted by Crippen LogP contribution is 2.40. The molecule has 1 amide bonds. The number of carbonyl (C=O) groups is 1. The van der Waals surface area contributed by atoms with Gasteiger partial charge in [-0.15, -0.1) is 0 Å². The Bertz CT molecular complexity index is 665. The van der Waals surface area contributed by atoms with Crippen molar-refractivity contribution in [1.29, 1.82) is 0 Å². The minimum Gasteiger partial charge on any atom is -0.493 e. The largest absolute Gasteiger partial charge is 0.493 e. The van der Waals surface area contributed by atoms with Crippen LogP contribution < -0.4 is 9.64 Å². The maximum absolute atomic E-state index is 12.0. The van der Waals surface area contributed by atoms with Gasteiger partial charge >= 0.3 is 0 Å². The molecule has 9 heteroatoms. The summed E-state index contributed by atoms with van der Waals surface area (Å²) in [7, 11) is 2.98. The highest BCUT2D eigenvalue weighted by molar-refractivity contribution is 9.10. The average molecular weight is 403 g/mol. The normalized spacial score (nSPS) is 19.5. The number of nitrogens with zero attached hydrogens (tertiary/aromatic N) is 1. The topological polar surface area (TPSA) is 63.7 Å². The number of methoxy groups -OCH3 is 1. The molecular weight excluding hydrogens is 393 g/mol. The number of amides is 1. The molecule has 1 aliphatic heterocycles. The number of halogens is 3. The molecule has 1 aromatic rings. The number of hydrogen-bond acceptors (Lipinski definition) is 4. The molecular formula is C11H10BrCl2NO4S. The van der Waals surface area contributed by atoms with Crippen LogP contribution in [0.1, 0.15) is 6.42 Å². The van der Waals surface area contributed by atoms with E-state index in [9.17, 15) is 13.2 Å². The van der Waals surface area contributed by atoms with Gasteiger partial charge in [0.15, 0.2) is 5.75 Å². The van der Waals surface area contributed by atoms with E-state index >= 15 is 0 Å². The van der Waals surface area contributed by atoms with Gasteiger partial charge in [0.2, 0.25) is 15.0 Å². The minimum atomic E-state index is -3.79. The van der Waals surface area contributed by atoms with Crippen molar-refractivity contribution in [3.8, 4) is 5.75 Å². The highest BCUT2D eigenvalue weighted by atomic mass is 79.9. The van der Waals surface area contributed by atoms with E-state index in [1.807, 2.05) is 0 Å². The molecule has 0 spiro atoms. The van der Waals surface area contributed by atoms with Gasteiger partial charge in [0.25, 0.3) is 0 Å². The van der Waals surface area contributed by atoms with E-state index in [-0.39, 0.29) is 18.9 Å². The first-order valence-electron chi connectivity index (χ1n) is 5.51.